The van der Waals surface area contributed by atoms with E-state index in [-0.39, 0.29) is 17.5 Å². The fraction of sp³-hybridized carbons (Fsp3) is 0.435. The number of phenols is 1. The molecular weight excluding hydrogens is 354 g/mol. The highest BCUT2D eigenvalue weighted by Gasteiger charge is 2.27. The van der Waals surface area contributed by atoms with Crippen molar-refractivity contribution in [3.05, 3.63) is 52.6 Å². The number of benzene rings is 2. The molecule has 1 atom stereocenters. The molecule has 0 amide bonds. The second-order valence-electron chi connectivity index (χ2n) is 7.58. The van der Waals surface area contributed by atoms with Gasteiger partial charge in [0.25, 0.3) is 0 Å². The molecule has 3 rings (SSSR count). The number of aryl methyl sites for hydroxylation is 2. The number of carbonyl (C=O) groups excluding carboxylic acids is 1. The van der Waals surface area contributed by atoms with Crippen LogP contribution in [-0.4, -0.2) is 43.1 Å². The number of Topliss-reactive ketones (excluding diaryl/α,β-unsaturated/α-hetero) is 1. The number of hydrogen-bond donors (Lipinski definition) is 1. The summed E-state index contributed by atoms with van der Waals surface area (Å²) < 4.78 is 10.7. The number of rotatable bonds is 6. The van der Waals surface area contributed by atoms with Gasteiger partial charge in [0.05, 0.1) is 14.2 Å². The molecule has 2 aromatic carbocycles. The molecule has 0 bridgehead atoms. The van der Waals surface area contributed by atoms with E-state index in [0.29, 0.717) is 13.1 Å². The maximum Gasteiger partial charge on any atom is 0.167 e. The predicted octanol–water partition coefficient (Wildman–Crippen LogP) is 4.12. The monoisotopic (exact) mass is 383 g/mol. The normalized spacial score (nSPS) is 17.4. The van der Waals surface area contributed by atoms with E-state index in [0.717, 1.165) is 53.1 Å². The molecule has 1 heterocycles. The minimum atomic E-state index is -0.0336. The number of carbonyl (C=O) groups is 1. The Bertz CT molecular complexity index is 839. The molecule has 5 nitrogen and oxygen atoms in total. The Morgan fingerprint density at radius 3 is 2.50 bits per heavy atom. The zero-order valence-electron chi connectivity index (χ0n) is 17.1. The van der Waals surface area contributed by atoms with Crippen molar-refractivity contribution in [1.82, 2.24) is 4.90 Å². The molecule has 1 aliphatic heterocycles. The van der Waals surface area contributed by atoms with Crippen molar-refractivity contribution < 1.29 is 19.4 Å². The highest BCUT2D eigenvalue weighted by Crippen LogP contribution is 2.29. The van der Waals surface area contributed by atoms with Crippen LogP contribution < -0.4 is 9.47 Å². The first-order valence-electron chi connectivity index (χ1n) is 9.70. The Hall–Kier alpha value is -2.53. The largest absolute Gasteiger partial charge is 0.508 e. The van der Waals surface area contributed by atoms with Gasteiger partial charge in [-0.2, -0.15) is 0 Å². The quantitative estimate of drug-likeness (QED) is 0.761. The molecule has 1 aliphatic rings. The van der Waals surface area contributed by atoms with Crippen LogP contribution in [0.3, 0.4) is 0 Å². The van der Waals surface area contributed by atoms with E-state index in [1.807, 2.05) is 32.0 Å². The molecule has 0 aliphatic carbocycles. The summed E-state index contributed by atoms with van der Waals surface area (Å²) in [6.07, 6.45) is 1.86. The lowest BCUT2D eigenvalue weighted by molar-refractivity contribution is 0.0810. The van der Waals surface area contributed by atoms with Crippen molar-refractivity contribution in [2.24, 2.45) is 5.92 Å². The second kappa shape index (κ2) is 8.65. The molecule has 1 N–H and O–H groups in total. The number of ether oxygens (including phenoxy) is 2. The van der Waals surface area contributed by atoms with Gasteiger partial charge in [-0.3, -0.25) is 9.69 Å². The topological polar surface area (TPSA) is 59.0 Å². The van der Waals surface area contributed by atoms with Crippen molar-refractivity contribution >= 4 is 5.78 Å². The fourth-order valence-electron chi connectivity index (χ4n) is 4.12. The molecule has 0 spiro atoms. The van der Waals surface area contributed by atoms with E-state index >= 15 is 0 Å². The molecule has 0 unspecified atom stereocenters. The van der Waals surface area contributed by atoms with Crippen LogP contribution in [0.5, 0.6) is 17.2 Å². The summed E-state index contributed by atoms with van der Waals surface area (Å²) in [5.41, 5.74) is 3.55. The van der Waals surface area contributed by atoms with Gasteiger partial charge in [-0.05, 0) is 74.7 Å². The lowest BCUT2D eigenvalue weighted by atomic mass is 9.88. The van der Waals surface area contributed by atoms with Gasteiger partial charge in [-0.25, -0.2) is 0 Å². The average molecular weight is 383 g/mol. The van der Waals surface area contributed by atoms with E-state index in [9.17, 15) is 9.90 Å². The minimum absolute atomic E-state index is 0.0336. The number of phenolic OH excluding ortho intramolecular Hbond substituents is 1. The molecule has 1 fully saturated rings. The van der Waals surface area contributed by atoms with Crippen molar-refractivity contribution in [3.8, 4) is 17.2 Å². The number of likely N-dealkylation sites (tertiary alicyclic amines) is 1. The van der Waals surface area contributed by atoms with Crippen molar-refractivity contribution in [1.29, 1.82) is 0 Å². The van der Waals surface area contributed by atoms with Gasteiger partial charge in [0.2, 0.25) is 0 Å². The van der Waals surface area contributed by atoms with Crippen LogP contribution in [0, 0.1) is 19.8 Å². The Morgan fingerprint density at radius 1 is 1.14 bits per heavy atom. The van der Waals surface area contributed by atoms with Gasteiger partial charge in [-0.1, -0.05) is 0 Å². The summed E-state index contributed by atoms with van der Waals surface area (Å²) >= 11 is 0. The molecule has 1 saturated heterocycles. The summed E-state index contributed by atoms with van der Waals surface area (Å²) in [4.78, 5) is 15.4. The first kappa shape index (κ1) is 20.2. The van der Waals surface area contributed by atoms with Gasteiger partial charge >= 0.3 is 0 Å². The van der Waals surface area contributed by atoms with Gasteiger partial charge in [0.15, 0.2) is 5.78 Å². The van der Waals surface area contributed by atoms with Crippen LogP contribution in [0.4, 0.5) is 0 Å². The summed E-state index contributed by atoms with van der Waals surface area (Å²) in [6.45, 7) is 6.16. The zero-order valence-corrected chi connectivity index (χ0v) is 17.1. The standard InChI is InChI=1S/C23H29NO4/c1-15-10-18(11-16(2)23(15)28-4)22(26)17-6-5-9-24(13-17)14-19-12-20(27-3)7-8-21(19)25/h7-8,10-12,17,25H,5-6,9,13-14H2,1-4H3/t17-/m0/s1. The Balaban J connectivity index is 1.74. The third-order valence-corrected chi connectivity index (χ3v) is 5.51. The lowest BCUT2D eigenvalue weighted by Gasteiger charge is -2.32. The molecular formula is C23H29NO4. The van der Waals surface area contributed by atoms with Crippen LogP contribution in [0.2, 0.25) is 0 Å². The lowest BCUT2D eigenvalue weighted by Crippen LogP contribution is -2.38. The molecule has 150 valence electrons. The summed E-state index contributed by atoms with van der Waals surface area (Å²) in [6, 6.07) is 9.12. The van der Waals surface area contributed by atoms with E-state index in [1.165, 1.54) is 0 Å². The van der Waals surface area contributed by atoms with Crippen molar-refractivity contribution in [3.63, 3.8) is 0 Å². The van der Waals surface area contributed by atoms with Crippen LogP contribution in [-0.2, 0) is 6.54 Å². The van der Waals surface area contributed by atoms with Crippen molar-refractivity contribution in [2.75, 3.05) is 27.3 Å². The third-order valence-electron chi connectivity index (χ3n) is 5.51. The highest BCUT2D eigenvalue weighted by atomic mass is 16.5. The third kappa shape index (κ3) is 4.30. The number of hydrogen-bond acceptors (Lipinski definition) is 5. The van der Waals surface area contributed by atoms with E-state index in [1.54, 1.807) is 26.4 Å². The maximum atomic E-state index is 13.1. The summed E-state index contributed by atoms with van der Waals surface area (Å²) in [5.74, 6) is 1.98. The molecule has 28 heavy (non-hydrogen) atoms. The number of aromatic hydroxyl groups is 1. The fourth-order valence-corrected chi connectivity index (χ4v) is 4.12. The van der Waals surface area contributed by atoms with Crippen LogP contribution in [0.15, 0.2) is 30.3 Å². The number of nitrogens with zero attached hydrogens (tertiary/aromatic N) is 1. The minimum Gasteiger partial charge on any atom is -0.508 e. The first-order valence-corrected chi connectivity index (χ1v) is 9.70. The molecule has 5 heteroatoms. The molecule has 0 saturated carbocycles. The van der Waals surface area contributed by atoms with E-state index in [2.05, 4.69) is 4.90 Å². The SMILES string of the molecule is COc1ccc(O)c(CN2CCC[C@H](C(=O)c3cc(C)c(OC)c(C)c3)C2)c1. The summed E-state index contributed by atoms with van der Waals surface area (Å²) in [5, 5.41) is 10.2. The van der Waals surface area contributed by atoms with E-state index < -0.39 is 0 Å². The second-order valence-corrected chi connectivity index (χ2v) is 7.58. The summed E-state index contributed by atoms with van der Waals surface area (Å²) in [7, 11) is 3.27. The van der Waals surface area contributed by atoms with Crippen LogP contribution in [0.1, 0.15) is 39.9 Å². The van der Waals surface area contributed by atoms with Gasteiger partial charge in [0, 0.05) is 30.1 Å². The maximum absolute atomic E-state index is 13.1. The Morgan fingerprint density at radius 2 is 1.86 bits per heavy atom. The van der Waals surface area contributed by atoms with E-state index in [4.69, 9.17) is 9.47 Å². The number of ketones is 1. The number of methoxy groups -OCH3 is 2. The van der Waals surface area contributed by atoms with Gasteiger partial charge < -0.3 is 14.6 Å². The molecule has 0 aromatic heterocycles. The predicted molar refractivity (Wildman–Crippen MR) is 109 cm³/mol. The van der Waals surface area contributed by atoms with Crippen LogP contribution >= 0.6 is 0 Å². The van der Waals surface area contributed by atoms with Gasteiger partial charge in [-0.15, -0.1) is 0 Å². The molecule has 0 radical (unpaired) electrons. The first-order chi connectivity index (χ1) is 13.4. The molecule has 2 aromatic rings. The number of piperidine rings is 1. The Labute approximate surface area is 166 Å². The highest BCUT2D eigenvalue weighted by molar-refractivity contribution is 5.98. The van der Waals surface area contributed by atoms with Gasteiger partial charge in [0.1, 0.15) is 17.2 Å². The smallest absolute Gasteiger partial charge is 0.167 e. The van der Waals surface area contributed by atoms with Crippen LogP contribution in [0.25, 0.3) is 0 Å². The zero-order chi connectivity index (χ0) is 20.3. The van der Waals surface area contributed by atoms with Crippen molar-refractivity contribution in [2.45, 2.75) is 33.2 Å². The average Bonchev–Trinajstić information content (AvgIpc) is 2.69. The Kier molecular flexibility index (Phi) is 6.25.